The Morgan fingerprint density at radius 2 is 1.96 bits per heavy atom. The molecule has 2 aliphatic heterocycles. The fourth-order valence-electron chi connectivity index (χ4n) is 3.67. The third-order valence-electron chi connectivity index (χ3n) is 5.13. The average Bonchev–Trinajstić information content (AvgIpc) is 3.01. The highest BCUT2D eigenvalue weighted by atomic mass is 16.6. The first-order chi connectivity index (χ1) is 13.5. The zero-order valence-electron chi connectivity index (χ0n) is 15.3. The standard InChI is InChI=1S/C21H20N2O5/c24-18-8-7-16-20(25)19(12-14-5-4-6-15(11-14)23(26)27)28-21(16)17(18)13-22-9-2-1-3-10-22/h4-8,11-12,24H,1-3,9-10,13H2/b19-12-. The van der Waals surface area contributed by atoms with Gasteiger partial charge in [-0.2, -0.15) is 0 Å². The summed E-state index contributed by atoms with van der Waals surface area (Å²) in [4.78, 5) is 25.5. The Morgan fingerprint density at radius 1 is 1.18 bits per heavy atom. The van der Waals surface area contributed by atoms with Crippen molar-refractivity contribution in [3.05, 3.63) is 69.0 Å². The number of piperidine rings is 1. The molecule has 2 aliphatic rings. The van der Waals surface area contributed by atoms with Gasteiger partial charge in [-0.25, -0.2) is 0 Å². The number of benzene rings is 2. The molecular weight excluding hydrogens is 360 g/mol. The van der Waals surface area contributed by atoms with Crippen LogP contribution in [-0.4, -0.2) is 33.8 Å². The second kappa shape index (κ2) is 7.44. The van der Waals surface area contributed by atoms with E-state index < -0.39 is 4.92 Å². The molecule has 0 atom stereocenters. The van der Waals surface area contributed by atoms with Gasteiger partial charge in [-0.15, -0.1) is 0 Å². The molecule has 144 valence electrons. The average molecular weight is 380 g/mol. The lowest BCUT2D eigenvalue weighted by molar-refractivity contribution is -0.384. The van der Waals surface area contributed by atoms with Crippen LogP contribution in [0.3, 0.4) is 0 Å². The molecule has 0 aromatic heterocycles. The number of carbonyl (C=O) groups excluding carboxylic acids is 1. The molecule has 7 heteroatoms. The lowest BCUT2D eigenvalue weighted by Gasteiger charge is -2.27. The topological polar surface area (TPSA) is 92.9 Å². The second-order valence-corrected chi connectivity index (χ2v) is 7.07. The summed E-state index contributed by atoms with van der Waals surface area (Å²) in [6, 6.07) is 9.09. The number of ketones is 1. The smallest absolute Gasteiger partial charge is 0.270 e. The van der Waals surface area contributed by atoms with Crippen LogP contribution in [0.2, 0.25) is 0 Å². The van der Waals surface area contributed by atoms with Crippen LogP contribution in [0.5, 0.6) is 11.5 Å². The van der Waals surface area contributed by atoms with Crippen molar-refractivity contribution >= 4 is 17.5 Å². The molecule has 2 aromatic carbocycles. The fourth-order valence-corrected chi connectivity index (χ4v) is 3.67. The predicted octanol–water partition coefficient (Wildman–Crippen LogP) is 3.90. The second-order valence-electron chi connectivity index (χ2n) is 7.07. The number of nitrogens with zero attached hydrogens (tertiary/aromatic N) is 2. The van der Waals surface area contributed by atoms with Gasteiger partial charge in [-0.3, -0.25) is 19.8 Å². The van der Waals surface area contributed by atoms with E-state index in [4.69, 9.17) is 4.74 Å². The summed E-state index contributed by atoms with van der Waals surface area (Å²) in [5, 5.41) is 21.3. The molecule has 0 radical (unpaired) electrons. The number of ether oxygens (including phenoxy) is 1. The number of phenols is 1. The summed E-state index contributed by atoms with van der Waals surface area (Å²) in [5.74, 6) is 0.295. The van der Waals surface area contributed by atoms with Crippen LogP contribution in [0.4, 0.5) is 5.69 Å². The minimum absolute atomic E-state index is 0.0549. The van der Waals surface area contributed by atoms with Gasteiger partial charge in [0, 0.05) is 18.7 Å². The van der Waals surface area contributed by atoms with Crippen molar-refractivity contribution in [2.24, 2.45) is 0 Å². The molecule has 4 rings (SSSR count). The van der Waals surface area contributed by atoms with Crippen LogP contribution in [-0.2, 0) is 6.54 Å². The molecule has 2 heterocycles. The number of non-ortho nitro benzene ring substituents is 1. The van der Waals surface area contributed by atoms with Gasteiger partial charge in [0.1, 0.15) is 11.5 Å². The van der Waals surface area contributed by atoms with E-state index in [0.717, 1.165) is 25.9 Å². The highest BCUT2D eigenvalue weighted by molar-refractivity contribution is 6.15. The number of nitro benzene ring substituents is 1. The number of phenolic OH excluding ortho intramolecular Hbond substituents is 1. The lowest BCUT2D eigenvalue weighted by atomic mass is 10.0. The van der Waals surface area contributed by atoms with Gasteiger partial charge in [0.15, 0.2) is 5.76 Å². The van der Waals surface area contributed by atoms with E-state index in [1.807, 2.05) is 0 Å². The molecule has 0 saturated carbocycles. The van der Waals surface area contributed by atoms with E-state index in [1.165, 1.54) is 30.7 Å². The van der Waals surface area contributed by atoms with Crippen molar-refractivity contribution in [2.45, 2.75) is 25.8 Å². The summed E-state index contributed by atoms with van der Waals surface area (Å²) >= 11 is 0. The van der Waals surface area contributed by atoms with E-state index in [2.05, 4.69) is 4.90 Å². The molecule has 2 aromatic rings. The van der Waals surface area contributed by atoms with Gasteiger partial charge >= 0.3 is 0 Å². The lowest BCUT2D eigenvalue weighted by Crippen LogP contribution is -2.29. The molecule has 1 fully saturated rings. The number of likely N-dealkylation sites (tertiary alicyclic amines) is 1. The van der Waals surface area contributed by atoms with Crippen molar-refractivity contribution in [3.63, 3.8) is 0 Å². The van der Waals surface area contributed by atoms with Crippen molar-refractivity contribution in [1.29, 1.82) is 0 Å². The van der Waals surface area contributed by atoms with Gasteiger partial charge in [0.25, 0.3) is 5.69 Å². The first-order valence-corrected chi connectivity index (χ1v) is 9.29. The van der Waals surface area contributed by atoms with Crippen molar-refractivity contribution < 1.29 is 19.6 Å². The van der Waals surface area contributed by atoms with Crippen LogP contribution in [0.15, 0.2) is 42.2 Å². The molecule has 7 nitrogen and oxygen atoms in total. The van der Waals surface area contributed by atoms with Gasteiger partial charge in [-0.1, -0.05) is 18.6 Å². The maximum absolute atomic E-state index is 12.8. The summed E-state index contributed by atoms with van der Waals surface area (Å²) in [5.41, 5.74) is 1.46. The van der Waals surface area contributed by atoms with Crippen LogP contribution >= 0.6 is 0 Å². The Kier molecular flexibility index (Phi) is 4.83. The molecule has 0 spiro atoms. The summed E-state index contributed by atoms with van der Waals surface area (Å²) in [6.45, 7) is 2.42. The van der Waals surface area contributed by atoms with Crippen molar-refractivity contribution in [2.75, 3.05) is 13.1 Å². The molecule has 28 heavy (non-hydrogen) atoms. The maximum Gasteiger partial charge on any atom is 0.270 e. The number of fused-ring (bicyclic) bond motifs is 1. The molecule has 1 saturated heterocycles. The quantitative estimate of drug-likeness (QED) is 0.491. The Morgan fingerprint density at radius 3 is 2.71 bits per heavy atom. The number of hydrogen-bond acceptors (Lipinski definition) is 6. The summed E-state index contributed by atoms with van der Waals surface area (Å²) in [7, 11) is 0. The van der Waals surface area contributed by atoms with Crippen molar-refractivity contribution in [3.8, 4) is 11.5 Å². The highest BCUT2D eigenvalue weighted by Crippen LogP contribution is 2.40. The number of allylic oxidation sites excluding steroid dienone is 1. The number of aromatic hydroxyl groups is 1. The van der Waals surface area contributed by atoms with E-state index >= 15 is 0 Å². The van der Waals surface area contributed by atoms with Gasteiger partial charge < -0.3 is 9.84 Å². The molecule has 0 unspecified atom stereocenters. The van der Waals surface area contributed by atoms with E-state index in [-0.39, 0.29) is 23.0 Å². The molecule has 0 bridgehead atoms. The number of nitro groups is 1. The summed E-state index contributed by atoms with van der Waals surface area (Å²) < 4.78 is 5.83. The van der Waals surface area contributed by atoms with Gasteiger partial charge in [0.2, 0.25) is 5.78 Å². The molecule has 1 N–H and O–H groups in total. The van der Waals surface area contributed by atoms with Crippen LogP contribution in [0, 0.1) is 10.1 Å². The first-order valence-electron chi connectivity index (χ1n) is 9.29. The number of Topliss-reactive ketones (excluding diaryl/α,β-unsaturated/α-hetero) is 1. The minimum atomic E-state index is -0.483. The molecular formula is C21H20N2O5. The Hall–Kier alpha value is -3.19. The van der Waals surface area contributed by atoms with E-state index in [0.29, 0.717) is 29.0 Å². The molecule has 0 amide bonds. The number of rotatable bonds is 4. The third-order valence-corrected chi connectivity index (χ3v) is 5.13. The zero-order chi connectivity index (χ0) is 19.7. The Balaban J connectivity index is 1.65. The Labute approximate surface area is 162 Å². The molecule has 0 aliphatic carbocycles. The van der Waals surface area contributed by atoms with Crippen LogP contribution in [0.25, 0.3) is 6.08 Å². The number of carbonyl (C=O) groups is 1. The largest absolute Gasteiger partial charge is 0.507 e. The summed E-state index contributed by atoms with van der Waals surface area (Å²) in [6.07, 6.45) is 4.94. The maximum atomic E-state index is 12.8. The van der Waals surface area contributed by atoms with E-state index in [9.17, 15) is 20.0 Å². The minimum Gasteiger partial charge on any atom is -0.507 e. The third kappa shape index (κ3) is 3.48. The SMILES string of the molecule is O=C1/C(=C/c2cccc([N+](=O)[O-])c2)Oc2c1ccc(O)c2CN1CCCCC1. The predicted molar refractivity (Wildman–Crippen MR) is 103 cm³/mol. The van der Waals surface area contributed by atoms with E-state index in [1.54, 1.807) is 18.2 Å². The fraction of sp³-hybridized carbons (Fsp3) is 0.286. The number of hydrogen-bond donors (Lipinski definition) is 1. The highest BCUT2D eigenvalue weighted by Gasteiger charge is 2.32. The first kappa shape index (κ1) is 18.2. The normalized spacial score (nSPS) is 18.1. The van der Waals surface area contributed by atoms with Gasteiger partial charge in [-0.05, 0) is 49.7 Å². The van der Waals surface area contributed by atoms with Crippen molar-refractivity contribution in [1.82, 2.24) is 4.90 Å². The Bertz CT molecular complexity index is 977. The van der Waals surface area contributed by atoms with Gasteiger partial charge in [0.05, 0.1) is 16.1 Å². The zero-order valence-corrected chi connectivity index (χ0v) is 15.3. The van der Waals surface area contributed by atoms with Crippen LogP contribution in [0.1, 0.15) is 40.7 Å². The van der Waals surface area contributed by atoms with Crippen LogP contribution < -0.4 is 4.74 Å². The monoisotopic (exact) mass is 380 g/mol.